The Balaban J connectivity index is 2.10. The van der Waals surface area contributed by atoms with Crippen LogP contribution in [0.1, 0.15) is 18.4 Å². The van der Waals surface area contributed by atoms with Crippen molar-refractivity contribution < 1.29 is 0 Å². The van der Waals surface area contributed by atoms with Crippen molar-refractivity contribution in [1.29, 1.82) is 5.26 Å². The van der Waals surface area contributed by atoms with E-state index in [2.05, 4.69) is 17.3 Å². The summed E-state index contributed by atoms with van der Waals surface area (Å²) in [7, 11) is 0. The quantitative estimate of drug-likeness (QED) is 0.917. The average molecular weight is 258 g/mol. The number of nitrogens with zero attached hydrogens (tertiary/aromatic N) is 3. The fraction of sp³-hybridized carbons (Fsp3) is 0.385. The van der Waals surface area contributed by atoms with E-state index < -0.39 is 0 Å². The fourth-order valence-corrected chi connectivity index (χ4v) is 3.00. The molecule has 1 saturated carbocycles. The number of imidazole rings is 1. The molecule has 5 heteroatoms. The molecular formula is C13H14N4S. The van der Waals surface area contributed by atoms with Gasteiger partial charge in [0.25, 0.3) is 0 Å². The van der Waals surface area contributed by atoms with Crippen molar-refractivity contribution in [1.82, 2.24) is 9.55 Å². The van der Waals surface area contributed by atoms with Crippen LogP contribution in [-0.2, 0) is 6.54 Å². The number of nitrogen functional groups attached to an aromatic ring is 1. The highest BCUT2D eigenvalue weighted by atomic mass is 32.2. The van der Waals surface area contributed by atoms with Crippen LogP contribution < -0.4 is 5.73 Å². The maximum atomic E-state index is 8.97. The summed E-state index contributed by atoms with van der Waals surface area (Å²) in [4.78, 5) is 4.36. The number of nitriles is 1. The lowest BCUT2D eigenvalue weighted by Crippen LogP contribution is -2.15. The van der Waals surface area contributed by atoms with Crippen LogP contribution in [0.25, 0.3) is 11.0 Å². The topological polar surface area (TPSA) is 67.6 Å². The summed E-state index contributed by atoms with van der Waals surface area (Å²) in [6.07, 6.45) is 4.60. The summed E-state index contributed by atoms with van der Waals surface area (Å²) in [6.45, 7) is 0.880. The normalized spacial score (nSPS) is 16.7. The monoisotopic (exact) mass is 258 g/mol. The summed E-state index contributed by atoms with van der Waals surface area (Å²) in [5.41, 5.74) is 8.47. The molecule has 0 atom stereocenters. The fourth-order valence-electron chi connectivity index (χ4n) is 2.23. The van der Waals surface area contributed by atoms with Crippen LogP contribution in [0.4, 0.5) is 5.95 Å². The van der Waals surface area contributed by atoms with Crippen LogP contribution in [0.15, 0.2) is 18.2 Å². The number of hydrogen-bond donors (Lipinski definition) is 1. The van der Waals surface area contributed by atoms with Gasteiger partial charge in [-0.3, -0.25) is 0 Å². The first-order valence-corrected chi connectivity index (χ1v) is 7.11. The molecule has 2 N–H and O–H groups in total. The maximum absolute atomic E-state index is 8.97. The van der Waals surface area contributed by atoms with E-state index in [1.165, 1.54) is 12.8 Å². The lowest BCUT2D eigenvalue weighted by Gasteiger charge is -2.14. The number of benzene rings is 1. The lowest BCUT2D eigenvalue weighted by atomic mass is 10.2. The highest BCUT2D eigenvalue weighted by Gasteiger charge is 2.42. The zero-order valence-electron chi connectivity index (χ0n) is 10.2. The Morgan fingerprint density at radius 3 is 2.94 bits per heavy atom. The van der Waals surface area contributed by atoms with Crippen molar-refractivity contribution in [2.24, 2.45) is 0 Å². The number of nitrogens with two attached hydrogens (primary N) is 1. The number of fused-ring (bicyclic) bond motifs is 1. The van der Waals surface area contributed by atoms with Crippen molar-refractivity contribution in [2.45, 2.75) is 24.1 Å². The zero-order valence-corrected chi connectivity index (χ0v) is 11.0. The first kappa shape index (κ1) is 11.4. The number of anilines is 1. The van der Waals surface area contributed by atoms with E-state index in [4.69, 9.17) is 11.0 Å². The molecule has 18 heavy (non-hydrogen) atoms. The smallest absolute Gasteiger partial charge is 0.201 e. The van der Waals surface area contributed by atoms with Gasteiger partial charge in [0, 0.05) is 11.3 Å². The van der Waals surface area contributed by atoms with Gasteiger partial charge in [-0.25, -0.2) is 4.98 Å². The Morgan fingerprint density at radius 2 is 2.33 bits per heavy atom. The minimum Gasteiger partial charge on any atom is -0.369 e. The minimum absolute atomic E-state index is 0.324. The van der Waals surface area contributed by atoms with E-state index in [9.17, 15) is 0 Å². The SMILES string of the molecule is CSC1(Cn2c(N)nc3ccc(C#N)cc32)CC1. The number of aromatic nitrogens is 2. The van der Waals surface area contributed by atoms with E-state index in [1.54, 1.807) is 6.07 Å². The first-order chi connectivity index (χ1) is 8.67. The molecule has 0 radical (unpaired) electrons. The van der Waals surface area contributed by atoms with Gasteiger partial charge in [0.2, 0.25) is 5.95 Å². The van der Waals surface area contributed by atoms with Crippen LogP contribution in [0.2, 0.25) is 0 Å². The Morgan fingerprint density at radius 1 is 1.56 bits per heavy atom. The first-order valence-electron chi connectivity index (χ1n) is 5.88. The van der Waals surface area contributed by atoms with Gasteiger partial charge in [0.15, 0.2) is 0 Å². The van der Waals surface area contributed by atoms with Crippen molar-refractivity contribution in [2.75, 3.05) is 12.0 Å². The van der Waals surface area contributed by atoms with Gasteiger partial charge in [0.05, 0.1) is 22.7 Å². The molecule has 2 aromatic rings. The molecule has 0 aliphatic heterocycles. The van der Waals surface area contributed by atoms with Gasteiger partial charge in [-0.15, -0.1) is 0 Å². The van der Waals surface area contributed by atoms with Gasteiger partial charge < -0.3 is 10.3 Å². The number of thioether (sulfide) groups is 1. The van der Waals surface area contributed by atoms with Gasteiger partial charge in [0.1, 0.15) is 0 Å². The van der Waals surface area contributed by atoms with Crippen molar-refractivity contribution >= 4 is 28.7 Å². The average Bonchev–Trinajstić information content (AvgIpc) is 3.10. The van der Waals surface area contributed by atoms with Crippen molar-refractivity contribution in [3.8, 4) is 6.07 Å². The van der Waals surface area contributed by atoms with Crippen LogP contribution in [0.3, 0.4) is 0 Å². The molecule has 0 saturated heterocycles. The predicted molar refractivity (Wildman–Crippen MR) is 74.3 cm³/mol. The molecule has 3 rings (SSSR count). The second-order valence-electron chi connectivity index (χ2n) is 4.76. The Kier molecular flexibility index (Phi) is 2.49. The molecule has 1 aromatic carbocycles. The van der Waals surface area contributed by atoms with E-state index in [0.717, 1.165) is 17.6 Å². The van der Waals surface area contributed by atoms with E-state index in [-0.39, 0.29) is 0 Å². The van der Waals surface area contributed by atoms with Crippen molar-refractivity contribution in [3.63, 3.8) is 0 Å². The molecule has 0 unspecified atom stereocenters. The lowest BCUT2D eigenvalue weighted by molar-refractivity contribution is 0.687. The predicted octanol–water partition coefficient (Wildman–Crippen LogP) is 2.39. The molecular weight excluding hydrogens is 244 g/mol. The molecule has 1 aliphatic carbocycles. The minimum atomic E-state index is 0.324. The van der Waals surface area contributed by atoms with E-state index in [1.807, 2.05) is 28.5 Å². The van der Waals surface area contributed by atoms with Gasteiger partial charge in [-0.1, -0.05) is 0 Å². The van der Waals surface area contributed by atoms with Crippen LogP contribution >= 0.6 is 11.8 Å². The third kappa shape index (κ3) is 1.73. The molecule has 1 aromatic heterocycles. The molecule has 1 aliphatic rings. The summed E-state index contributed by atoms with van der Waals surface area (Å²) in [5.74, 6) is 0.542. The van der Waals surface area contributed by atoms with Crippen LogP contribution in [-0.4, -0.2) is 20.6 Å². The van der Waals surface area contributed by atoms with Gasteiger partial charge in [-0.05, 0) is 37.3 Å². The Labute approximate surface area is 110 Å². The second kappa shape index (κ2) is 3.92. The summed E-state index contributed by atoms with van der Waals surface area (Å²) in [6, 6.07) is 7.67. The van der Waals surface area contributed by atoms with Gasteiger partial charge in [-0.2, -0.15) is 17.0 Å². The molecule has 1 fully saturated rings. The van der Waals surface area contributed by atoms with Crippen LogP contribution in [0, 0.1) is 11.3 Å². The molecule has 0 spiro atoms. The van der Waals surface area contributed by atoms with Gasteiger partial charge >= 0.3 is 0 Å². The number of hydrogen-bond acceptors (Lipinski definition) is 4. The highest BCUT2D eigenvalue weighted by molar-refractivity contribution is 8.00. The van der Waals surface area contributed by atoms with E-state index in [0.29, 0.717) is 16.3 Å². The Bertz CT molecular complexity index is 649. The molecule has 0 amide bonds. The van der Waals surface area contributed by atoms with Crippen molar-refractivity contribution in [3.05, 3.63) is 23.8 Å². The largest absolute Gasteiger partial charge is 0.369 e. The maximum Gasteiger partial charge on any atom is 0.201 e. The molecule has 4 nitrogen and oxygen atoms in total. The standard InChI is InChI=1S/C13H14N4S/c1-18-13(4-5-13)8-17-11-6-9(7-14)2-3-10(11)16-12(17)15/h2-3,6H,4-5,8H2,1H3,(H2,15,16). The molecule has 1 heterocycles. The third-order valence-corrected chi connectivity index (χ3v) is 5.00. The zero-order chi connectivity index (χ0) is 12.8. The van der Waals surface area contributed by atoms with E-state index >= 15 is 0 Å². The number of rotatable bonds is 3. The second-order valence-corrected chi connectivity index (χ2v) is 6.03. The van der Waals surface area contributed by atoms with Crippen LogP contribution in [0.5, 0.6) is 0 Å². The third-order valence-electron chi connectivity index (χ3n) is 3.59. The summed E-state index contributed by atoms with van der Waals surface area (Å²) >= 11 is 1.89. The summed E-state index contributed by atoms with van der Waals surface area (Å²) < 4.78 is 2.37. The Hall–Kier alpha value is -1.67. The molecule has 92 valence electrons. The summed E-state index contributed by atoms with van der Waals surface area (Å²) in [5, 5.41) is 8.97. The highest BCUT2D eigenvalue weighted by Crippen LogP contribution is 2.49. The molecule has 0 bridgehead atoms.